The van der Waals surface area contributed by atoms with E-state index in [0.717, 1.165) is 42.4 Å². The molecule has 3 aromatic carbocycles. The summed E-state index contributed by atoms with van der Waals surface area (Å²) in [4.78, 5) is 33.1. The fraction of sp³-hybridized carbons (Fsp3) is 0.300. The Labute approximate surface area is 213 Å². The van der Waals surface area contributed by atoms with Crippen LogP contribution in [0.25, 0.3) is 0 Å². The van der Waals surface area contributed by atoms with Gasteiger partial charge in [-0.25, -0.2) is 4.99 Å². The smallest absolute Gasteiger partial charge is 0.266 e. The highest BCUT2D eigenvalue weighted by Gasteiger charge is 2.50. The maximum Gasteiger partial charge on any atom is 0.266 e. The molecule has 2 amide bonds. The minimum Gasteiger partial charge on any atom is -0.369 e. The third-order valence-corrected chi connectivity index (χ3v) is 6.80. The zero-order valence-electron chi connectivity index (χ0n) is 21.0. The van der Waals surface area contributed by atoms with E-state index in [4.69, 9.17) is 10.7 Å². The molecule has 0 aliphatic carbocycles. The van der Waals surface area contributed by atoms with E-state index in [9.17, 15) is 9.59 Å². The van der Waals surface area contributed by atoms with E-state index in [0.29, 0.717) is 5.69 Å². The van der Waals surface area contributed by atoms with Gasteiger partial charge in [-0.2, -0.15) is 0 Å². The molecule has 1 aliphatic heterocycles. The van der Waals surface area contributed by atoms with Crippen LogP contribution in [-0.2, 0) is 21.7 Å². The lowest BCUT2D eigenvalue weighted by Crippen LogP contribution is -2.43. The summed E-state index contributed by atoms with van der Waals surface area (Å²) in [5, 5.41) is 3.05. The Hall–Kier alpha value is -3.93. The summed E-state index contributed by atoms with van der Waals surface area (Å²) >= 11 is 0. The molecule has 186 valence electrons. The van der Waals surface area contributed by atoms with Crippen LogP contribution in [0.3, 0.4) is 0 Å². The number of aliphatic imine (C=N–C) groups is 1. The minimum absolute atomic E-state index is 0.00564. The average molecular weight is 483 g/mol. The van der Waals surface area contributed by atoms with Crippen LogP contribution in [0.15, 0.2) is 89.9 Å². The van der Waals surface area contributed by atoms with Gasteiger partial charge in [-0.1, -0.05) is 99.5 Å². The third-order valence-electron chi connectivity index (χ3n) is 6.80. The minimum atomic E-state index is -1.23. The lowest BCUT2D eigenvalue weighted by Gasteiger charge is -2.27. The molecule has 3 N–H and O–H groups in total. The van der Waals surface area contributed by atoms with Crippen molar-refractivity contribution >= 4 is 23.5 Å². The Kier molecular flexibility index (Phi) is 7.84. The van der Waals surface area contributed by atoms with Crippen molar-refractivity contribution in [2.75, 3.05) is 5.32 Å². The number of carbonyl (C=O) groups excluding carboxylic acids is 2. The first-order valence-corrected chi connectivity index (χ1v) is 12.7. The van der Waals surface area contributed by atoms with Gasteiger partial charge in [0.2, 0.25) is 5.91 Å². The summed E-state index contributed by atoms with van der Waals surface area (Å²) in [6, 6.07) is 26.6. The van der Waals surface area contributed by atoms with E-state index in [2.05, 4.69) is 12.2 Å². The van der Waals surface area contributed by atoms with Gasteiger partial charge in [0.15, 0.2) is 11.5 Å². The van der Waals surface area contributed by atoms with Gasteiger partial charge in [-0.15, -0.1) is 0 Å². The molecular weight excluding hydrogens is 448 g/mol. The Morgan fingerprint density at radius 3 is 2.19 bits per heavy atom. The molecule has 0 saturated carbocycles. The number of nitrogens with two attached hydrogens (primary N) is 1. The molecule has 0 aromatic heterocycles. The zero-order chi connectivity index (χ0) is 25.5. The molecule has 6 nitrogen and oxygen atoms in total. The number of amides is 2. The van der Waals surface area contributed by atoms with Gasteiger partial charge in [0.1, 0.15) is 0 Å². The average Bonchev–Trinajstić information content (AvgIpc) is 3.16. The number of nitrogens with one attached hydrogen (secondary N) is 1. The second-order valence-electron chi connectivity index (χ2n) is 9.24. The Morgan fingerprint density at radius 1 is 0.972 bits per heavy atom. The molecule has 36 heavy (non-hydrogen) atoms. The SMILES string of the molecule is CCCCC(CC)C(=O)Nc1cccc(CN2C(=O)C(c3ccccc3)(c3ccccc3)N=C2N)c1. The molecular formula is C30H34N4O2. The fourth-order valence-electron chi connectivity index (χ4n) is 4.78. The summed E-state index contributed by atoms with van der Waals surface area (Å²) < 4.78 is 0. The van der Waals surface area contributed by atoms with Crippen LogP contribution in [0.1, 0.15) is 56.2 Å². The van der Waals surface area contributed by atoms with E-state index >= 15 is 0 Å². The van der Waals surface area contributed by atoms with Gasteiger partial charge in [0, 0.05) is 11.6 Å². The van der Waals surface area contributed by atoms with Gasteiger partial charge in [-0.05, 0) is 41.7 Å². The van der Waals surface area contributed by atoms with Gasteiger partial charge in [0.25, 0.3) is 5.91 Å². The van der Waals surface area contributed by atoms with Crippen molar-refractivity contribution in [2.45, 2.75) is 51.6 Å². The molecule has 0 fully saturated rings. The van der Waals surface area contributed by atoms with Crippen molar-refractivity contribution in [3.05, 3.63) is 102 Å². The second-order valence-corrected chi connectivity index (χ2v) is 9.24. The number of hydrogen-bond donors (Lipinski definition) is 2. The number of guanidine groups is 1. The predicted octanol–water partition coefficient (Wildman–Crippen LogP) is 5.44. The lowest BCUT2D eigenvalue weighted by atomic mass is 9.83. The highest BCUT2D eigenvalue weighted by molar-refractivity contribution is 6.09. The first-order valence-electron chi connectivity index (χ1n) is 12.7. The standard InChI is InChI=1S/C30H34N4O2/c1-3-5-14-23(4-2)27(35)32-26-19-12-13-22(20-26)21-34-28(36)30(33-29(34)31,24-15-8-6-9-16-24)25-17-10-7-11-18-25/h6-13,15-20,23H,3-5,14,21H2,1-2H3,(H2,31,33)(H,32,35). The predicted molar refractivity (Wildman–Crippen MR) is 144 cm³/mol. The molecule has 0 radical (unpaired) electrons. The van der Waals surface area contributed by atoms with Crippen LogP contribution in [-0.4, -0.2) is 22.7 Å². The Balaban J connectivity index is 1.58. The van der Waals surface area contributed by atoms with Crippen LogP contribution in [0.5, 0.6) is 0 Å². The summed E-state index contributed by atoms with van der Waals surface area (Å²) in [6.07, 6.45) is 3.79. The van der Waals surface area contributed by atoms with Crippen molar-refractivity contribution < 1.29 is 9.59 Å². The number of carbonyl (C=O) groups is 2. The van der Waals surface area contributed by atoms with Crippen LogP contribution >= 0.6 is 0 Å². The zero-order valence-corrected chi connectivity index (χ0v) is 21.0. The van der Waals surface area contributed by atoms with Crippen molar-refractivity contribution in [1.82, 2.24) is 4.90 Å². The topological polar surface area (TPSA) is 87.8 Å². The van der Waals surface area contributed by atoms with Gasteiger partial charge >= 0.3 is 0 Å². The summed E-state index contributed by atoms with van der Waals surface area (Å²) in [5.41, 5.74) is 8.26. The number of unbranched alkanes of at least 4 members (excludes halogenated alkanes) is 1. The monoisotopic (exact) mass is 482 g/mol. The van der Waals surface area contributed by atoms with Gasteiger partial charge in [0.05, 0.1) is 6.54 Å². The van der Waals surface area contributed by atoms with Crippen LogP contribution in [0.2, 0.25) is 0 Å². The maximum atomic E-state index is 14.0. The molecule has 0 spiro atoms. The van der Waals surface area contributed by atoms with E-state index in [1.807, 2.05) is 91.9 Å². The first kappa shape index (κ1) is 25.2. The molecule has 1 aliphatic rings. The molecule has 6 heteroatoms. The van der Waals surface area contributed by atoms with Crippen LogP contribution < -0.4 is 11.1 Å². The molecule has 1 heterocycles. The quantitative estimate of drug-likeness (QED) is 0.403. The largest absolute Gasteiger partial charge is 0.369 e. The van der Waals surface area contributed by atoms with Gasteiger partial charge in [-0.3, -0.25) is 14.5 Å². The number of benzene rings is 3. The summed E-state index contributed by atoms with van der Waals surface area (Å²) in [7, 11) is 0. The van der Waals surface area contributed by atoms with Crippen molar-refractivity contribution in [2.24, 2.45) is 16.6 Å². The number of anilines is 1. The highest BCUT2D eigenvalue weighted by atomic mass is 16.2. The fourth-order valence-corrected chi connectivity index (χ4v) is 4.78. The first-order chi connectivity index (χ1) is 17.5. The second kappa shape index (κ2) is 11.2. The van der Waals surface area contributed by atoms with Crippen molar-refractivity contribution in [3.8, 4) is 0 Å². The molecule has 4 rings (SSSR count). The lowest BCUT2D eigenvalue weighted by molar-refractivity contribution is -0.130. The number of hydrogen-bond acceptors (Lipinski definition) is 4. The molecule has 3 aromatic rings. The molecule has 0 saturated heterocycles. The van der Waals surface area contributed by atoms with Crippen LogP contribution in [0, 0.1) is 5.92 Å². The van der Waals surface area contributed by atoms with Gasteiger partial charge < -0.3 is 11.1 Å². The third kappa shape index (κ3) is 5.03. The van der Waals surface area contributed by atoms with E-state index < -0.39 is 5.54 Å². The van der Waals surface area contributed by atoms with Crippen molar-refractivity contribution in [1.29, 1.82) is 0 Å². The van der Waals surface area contributed by atoms with E-state index in [1.165, 1.54) is 4.90 Å². The normalized spacial score (nSPS) is 15.4. The van der Waals surface area contributed by atoms with Crippen molar-refractivity contribution in [3.63, 3.8) is 0 Å². The number of nitrogens with zero attached hydrogens (tertiary/aromatic N) is 2. The maximum absolute atomic E-state index is 14.0. The van der Waals surface area contributed by atoms with E-state index in [-0.39, 0.29) is 30.2 Å². The summed E-state index contributed by atoms with van der Waals surface area (Å²) in [6.45, 7) is 4.43. The van der Waals surface area contributed by atoms with Crippen LogP contribution in [0.4, 0.5) is 5.69 Å². The summed E-state index contributed by atoms with van der Waals surface area (Å²) in [5.74, 6) is 0.00714. The Morgan fingerprint density at radius 2 is 1.61 bits per heavy atom. The molecule has 1 unspecified atom stereocenters. The highest BCUT2D eigenvalue weighted by Crippen LogP contribution is 2.40. The number of rotatable bonds is 10. The Bertz CT molecular complexity index is 1180. The molecule has 0 bridgehead atoms. The molecule has 1 atom stereocenters. The van der Waals surface area contributed by atoms with E-state index in [1.54, 1.807) is 0 Å².